The van der Waals surface area contributed by atoms with Gasteiger partial charge in [-0.25, -0.2) is 8.78 Å². The van der Waals surface area contributed by atoms with Gasteiger partial charge in [0.15, 0.2) is 11.6 Å². The molecular formula is C18H22F2N4. The van der Waals surface area contributed by atoms with E-state index in [1.165, 1.54) is 0 Å². The molecule has 4 rings (SSSR count). The maximum Gasteiger partial charge on any atom is 0.167 e. The van der Waals surface area contributed by atoms with E-state index in [-0.39, 0.29) is 17.6 Å². The number of nitrogens with zero attached hydrogens (tertiary/aromatic N) is 2. The van der Waals surface area contributed by atoms with Crippen molar-refractivity contribution in [1.29, 1.82) is 0 Å². The van der Waals surface area contributed by atoms with E-state index in [0.29, 0.717) is 28.7 Å². The van der Waals surface area contributed by atoms with E-state index in [1.54, 1.807) is 37.0 Å². The highest BCUT2D eigenvalue weighted by Gasteiger charge is 2.43. The lowest BCUT2D eigenvalue weighted by atomic mass is 9.88. The summed E-state index contributed by atoms with van der Waals surface area (Å²) < 4.78 is 31.2. The Morgan fingerprint density at radius 3 is 2.71 bits per heavy atom. The summed E-state index contributed by atoms with van der Waals surface area (Å²) >= 11 is 0. The highest BCUT2D eigenvalue weighted by atomic mass is 19.2. The molecule has 2 heterocycles. The topological polar surface area (TPSA) is 55.9 Å². The first-order valence-electron chi connectivity index (χ1n) is 8.43. The summed E-state index contributed by atoms with van der Waals surface area (Å²) in [6.07, 6.45) is 3.55. The Balaban J connectivity index is 1.72. The lowest BCUT2D eigenvalue weighted by Crippen LogP contribution is -2.24. The first-order chi connectivity index (χ1) is 11.5. The lowest BCUT2D eigenvalue weighted by molar-refractivity contribution is 0.398. The molecule has 0 amide bonds. The molecule has 6 heteroatoms. The van der Waals surface area contributed by atoms with Crippen LogP contribution in [0.3, 0.4) is 0 Å². The van der Waals surface area contributed by atoms with E-state index < -0.39 is 11.6 Å². The predicted molar refractivity (Wildman–Crippen MR) is 88.2 cm³/mol. The van der Waals surface area contributed by atoms with E-state index in [1.807, 2.05) is 0 Å². The van der Waals surface area contributed by atoms with Gasteiger partial charge >= 0.3 is 0 Å². The van der Waals surface area contributed by atoms with Crippen molar-refractivity contribution in [3.8, 4) is 11.1 Å². The summed E-state index contributed by atoms with van der Waals surface area (Å²) in [7, 11) is 1.77. The van der Waals surface area contributed by atoms with Crippen LogP contribution in [0.2, 0.25) is 0 Å². The standard InChI is InChI=1S/C18H22F2N4/c1-9-15(8-24(2)23-9)12-3-4-13(17(20)16(12)19)18-14-6-11(21)5-10(14)7-22-18/h3-4,8,10-11,14,18,22H,5-7,21H2,1-2H3. The summed E-state index contributed by atoms with van der Waals surface area (Å²) in [5.41, 5.74) is 8.04. The Morgan fingerprint density at radius 1 is 1.21 bits per heavy atom. The quantitative estimate of drug-likeness (QED) is 0.889. The van der Waals surface area contributed by atoms with E-state index in [9.17, 15) is 8.78 Å². The average molecular weight is 332 g/mol. The van der Waals surface area contributed by atoms with Crippen molar-refractivity contribution in [3.05, 3.63) is 41.2 Å². The second-order valence-electron chi connectivity index (χ2n) is 7.17. The Hall–Kier alpha value is -1.79. The number of aryl methyl sites for hydroxylation is 2. The molecule has 1 aromatic heterocycles. The largest absolute Gasteiger partial charge is 0.328 e. The van der Waals surface area contributed by atoms with Crippen LogP contribution >= 0.6 is 0 Å². The van der Waals surface area contributed by atoms with Gasteiger partial charge in [0, 0.05) is 42.0 Å². The van der Waals surface area contributed by atoms with E-state index in [0.717, 1.165) is 19.4 Å². The van der Waals surface area contributed by atoms with Crippen LogP contribution in [0.1, 0.15) is 30.1 Å². The minimum absolute atomic E-state index is 0.151. The van der Waals surface area contributed by atoms with Crippen molar-refractivity contribution < 1.29 is 8.78 Å². The Bertz CT molecular complexity index is 786. The van der Waals surface area contributed by atoms with Gasteiger partial charge in [-0.1, -0.05) is 12.1 Å². The minimum Gasteiger partial charge on any atom is -0.328 e. The third kappa shape index (κ3) is 2.36. The average Bonchev–Trinajstić information content (AvgIpc) is 3.16. The molecule has 0 radical (unpaired) electrons. The van der Waals surface area contributed by atoms with Crippen LogP contribution in [0.5, 0.6) is 0 Å². The molecule has 3 N–H and O–H groups in total. The molecule has 4 unspecified atom stereocenters. The van der Waals surface area contributed by atoms with Crippen LogP contribution in [0.4, 0.5) is 8.78 Å². The van der Waals surface area contributed by atoms with Gasteiger partial charge in [-0.15, -0.1) is 0 Å². The molecule has 2 fully saturated rings. The van der Waals surface area contributed by atoms with Crippen molar-refractivity contribution in [1.82, 2.24) is 15.1 Å². The second-order valence-corrected chi connectivity index (χ2v) is 7.17. The molecule has 1 saturated carbocycles. The van der Waals surface area contributed by atoms with Gasteiger partial charge in [0.05, 0.1) is 5.69 Å². The van der Waals surface area contributed by atoms with Crippen LogP contribution in [0.25, 0.3) is 11.1 Å². The molecule has 2 aliphatic rings. The number of nitrogens with one attached hydrogen (secondary N) is 1. The molecule has 0 spiro atoms. The number of hydrogen-bond acceptors (Lipinski definition) is 3. The maximum atomic E-state index is 14.8. The molecule has 4 nitrogen and oxygen atoms in total. The van der Waals surface area contributed by atoms with Gasteiger partial charge < -0.3 is 11.1 Å². The summed E-state index contributed by atoms with van der Waals surface area (Å²) in [4.78, 5) is 0. The maximum absolute atomic E-state index is 14.8. The van der Waals surface area contributed by atoms with Crippen molar-refractivity contribution in [3.63, 3.8) is 0 Å². The zero-order valence-corrected chi connectivity index (χ0v) is 13.9. The molecule has 2 aromatic rings. The normalized spacial score (nSPS) is 29.2. The number of benzene rings is 1. The van der Waals surface area contributed by atoms with Crippen LogP contribution in [-0.2, 0) is 7.05 Å². The molecule has 1 aliphatic carbocycles. The van der Waals surface area contributed by atoms with E-state index in [4.69, 9.17) is 5.73 Å². The second kappa shape index (κ2) is 5.63. The lowest BCUT2D eigenvalue weighted by Gasteiger charge is -2.20. The predicted octanol–water partition coefficient (Wildman–Crippen LogP) is 2.67. The molecule has 1 aromatic carbocycles. The molecule has 24 heavy (non-hydrogen) atoms. The van der Waals surface area contributed by atoms with E-state index in [2.05, 4.69) is 10.4 Å². The van der Waals surface area contributed by atoms with Gasteiger partial charge in [-0.05, 0) is 38.1 Å². The highest BCUT2D eigenvalue weighted by molar-refractivity contribution is 5.66. The highest BCUT2D eigenvalue weighted by Crippen LogP contribution is 2.45. The summed E-state index contributed by atoms with van der Waals surface area (Å²) in [5.74, 6) is -0.793. The molecular weight excluding hydrogens is 310 g/mol. The number of hydrogen-bond donors (Lipinski definition) is 2. The number of nitrogens with two attached hydrogens (primary N) is 1. The monoisotopic (exact) mass is 332 g/mol. The summed E-state index contributed by atoms with van der Waals surface area (Å²) in [5, 5.41) is 7.57. The van der Waals surface area contributed by atoms with Crippen LogP contribution < -0.4 is 11.1 Å². The Labute approximate surface area is 140 Å². The van der Waals surface area contributed by atoms with Crippen molar-refractivity contribution >= 4 is 0 Å². The smallest absolute Gasteiger partial charge is 0.167 e. The molecule has 1 saturated heterocycles. The van der Waals surface area contributed by atoms with E-state index >= 15 is 0 Å². The van der Waals surface area contributed by atoms with Gasteiger partial charge in [0.25, 0.3) is 0 Å². The fourth-order valence-corrected chi connectivity index (χ4v) is 4.49. The molecule has 4 atom stereocenters. The SMILES string of the molecule is Cc1nn(C)cc1-c1ccc(C2NCC3CC(N)CC32)c(F)c1F. The summed E-state index contributed by atoms with van der Waals surface area (Å²) in [6, 6.07) is 3.41. The summed E-state index contributed by atoms with van der Waals surface area (Å²) in [6.45, 7) is 2.62. The zero-order chi connectivity index (χ0) is 17.0. The molecule has 0 bridgehead atoms. The number of fused-ring (bicyclic) bond motifs is 1. The zero-order valence-electron chi connectivity index (χ0n) is 13.9. The molecule has 128 valence electrons. The minimum atomic E-state index is -0.795. The fourth-order valence-electron chi connectivity index (χ4n) is 4.49. The van der Waals surface area contributed by atoms with Crippen LogP contribution in [-0.4, -0.2) is 22.4 Å². The van der Waals surface area contributed by atoms with Crippen LogP contribution in [0, 0.1) is 30.4 Å². The number of rotatable bonds is 2. The third-order valence-corrected chi connectivity index (χ3v) is 5.56. The first-order valence-corrected chi connectivity index (χ1v) is 8.43. The van der Waals surface area contributed by atoms with Gasteiger partial charge in [-0.2, -0.15) is 5.10 Å². The van der Waals surface area contributed by atoms with Crippen molar-refractivity contribution in [2.24, 2.45) is 24.6 Å². The molecule has 1 aliphatic heterocycles. The van der Waals surface area contributed by atoms with Gasteiger partial charge in [0.1, 0.15) is 0 Å². The number of aromatic nitrogens is 2. The number of halogens is 2. The van der Waals surface area contributed by atoms with Crippen LogP contribution in [0.15, 0.2) is 18.3 Å². The fraction of sp³-hybridized carbons (Fsp3) is 0.500. The third-order valence-electron chi connectivity index (χ3n) is 5.56. The Morgan fingerprint density at radius 2 is 2.00 bits per heavy atom. The van der Waals surface area contributed by atoms with Crippen molar-refractivity contribution in [2.45, 2.75) is 31.8 Å². The van der Waals surface area contributed by atoms with Crippen molar-refractivity contribution in [2.75, 3.05) is 6.54 Å². The van der Waals surface area contributed by atoms with Gasteiger partial charge in [-0.3, -0.25) is 4.68 Å². The first kappa shape index (κ1) is 15.7. The Kier molecular flexibility index (Phi) is 3.69. The van der Waals surface area contributed by atoms with Gasteiger partial charge in [0.2, 0.25) is 0 Å².